The minimum absolute atomic E-state index is 0.0751. The van der Waals surface area contributed by atoms with E-state index >= 15 is 0 Å². The molecule has 7 N–H and O–H groups in total. The lowest BCUT2D eigenvalue weighted by Gasteiger charge is -2.25. The predicted octanol–water partition coefficient (Wildman–Crippen LogP) is 2.05. The van der Waals surface area contributed by atoms with Crippen molar-refractivity contribution in [1.29, 1.82) is 0 Å². The van der Waals surface area contributed by atoms with Crippen molar-refractivity contribution in [3.8, 4) is 23.0 Å². The SMILES string of the molecule is CCC(CCCc1c(O)c(O)cc(O)c1O)CC(C)(N)C(=O)O. The zero-order valence-electron chi connectivity index (χ0n) is 13.4. The molecule has 0 radical (unpaired) electrons. The summed E-state index contributed by atoms with van der Waals surface area (Å²) in [6.07, 6.45) is 2.50. The van der Waals surface area contributed by atoms with E-state index in [-0.39, 0.29) is 17.9 Å². The quantitative estimate of drug-likeness (QED) is 0.316. The van der Waals surface area contributed by atoms with Gasteiger partial charge in [-0.3, -0.25) is 4.79 Å². The van der Waals surface area contributed by atoms with Gasteiger partial charge in [-0.2, -0.15) is 0 Å². The molecular formula is C16H25NO6. The van der Waals surface area contributed by atoms with Gasteiger partial charge in [0.15, 0.2) is 23.0 Å². The highest BCUT2D eigenvalue weighted by Crippen LogP contribution is 2.42. The number of rotatable bonds is 8. The highest BCUT2D eigenvalue weighted by molar-refractivity contribution is 5.77. The second kappa shape index (κ2) is 7.41. The number of hydrogen-bond donors (Lipinski definition) is 6. The first-order valence-electron chi connectivity index (χ1n) is 7.58. The third-order valence-electron chi connectivity index (χ3n) is 4.15. The van der Waals surface area contributed by atoms with Gasteiger partial charge in [0.1, 0.15) is 5.54 Å². The van der Waals surface area contributed by atoms with Crippen LogP contribution in [0.15, 0.2) is 6.07 Å². The molecule has 7 nitrogen and oxygen atoms in total. The highest BCUT2D eigenvalue weighted by atomic mass is 16.4. The molecule has 1 aromatic carbocycles. The lowest BCUT2D eigenvalue weighted by Crippen LogP contribution is -2.46. The van der Waals surface area contributed by atoms with Gasteiger partial charge < -0.3 is 31.3 Å². The van der Waals surface area contributed by atoms with Crippen LogP contribution in [-0.2, 0) is 11.2 Å². The van der Waals surface area contributed by atoms with Crippen molar-refractivity contribution < 1.29 is 30.3 Å². The maximum atomic E-state index is 11.1. The number of phenolic OH excluding ortho intramolecular Hbond substituents is 4. The van der Waals surface area contributed by atoms with Crippen molar-refractivity contribution in [3.05, 3.63) is 11.6 Å². The summed E-state index contributed by atoms with van der Waals surface area (Å²) in [5, 5.41) is 47.5. The first-order chi connectivity index (χ1) is 10.6. The third-order valence-corrected chi connectivity index (χ3v) is 4.15. The number of hydrogen-bond acceptors (Lipinski definition) is 6. The van der Waals surface area contributed by atoms with E-state index in [4.69, 9.17) is 10.8 Å². The van der Waals surface area contributed by atoms with E-state index in [0.29, 0.717) is 19.3 Å². The van der Waals surface area contributed by atoms with Gasteiger partial charge in [-0.25, -0.2) is 0 Å². The van der Waals surface area contributed by atoms with E-state index in [0.717, 1.165) is 12.5 Å². The Bertz CT molecular complexity index is 544. The number of carboxylic acid groups (broad SMARTS) is 1. The van der Waals surface area contributed by atoms with Crippen LogP contribution in [0.2, 0.25) is 0 Å². The van der Waals surface area contributed by atoms with Crippen molar-refractivity contribution >= 4 is 5.97 Å². The molecule has 7 heteroatoms. The molecule has 0 saturated carbocycles. The fourth-order valence-electron chi connectivity index (χ4n) is 2.63. The van der Waals surface area contributed by atoms with Gasteiger partial charge in [-0.15, -0.1) is 0 Å². The normalized spacial score (nSPS) is 15.1. The zero-order chi connectivity index (χ0) is 17.8. The van der Waals surface area contributed by atoms with E-state index < -0.39 is 34.5 Å². The Morgan fingerprint density at radius 1 is 1.22 bits per heavy atom. The Balaban J connectivity index is 2.71. The third kappa shape index (κ3) is 4.66. The van der Waals surface area contributed by atoms with Crippen LogP contribution in [0.5, 0.6) is 23.0 Å². The van der Waals surface area contributed by atoms with Gasteiger partial charge in [0.2, 0.25) is 0 Å². The van der Waals surface area contributed by atoms with Crippen LogP contribution in [0.1, 0.15) is 45.1 Å². The first-order valence-corrected chi connectivity index (χ1v) is 7.58. The fraction of sp³-hybridized carbons (Fsp3) is 0.562. The fourth-order valence-corrected chi connectivity index (χ4v) is 2.63. The first kappa shape index (κ1) is 18.9. The molecular weight excluding hydrogens is 302 g/mol. The molecule has 23 heavy (non-hydrogen) atoms. The minimum atomic E-state index is -1.30. The molecule has 2 atom stereocenters. The maximum Gasteiger partial charge on any atom is 0.323 e. The summed E-state index contributed by atoms with van der Waals surface area (Å²) in [5.41, 5.74) is 4.54. The minimum Gasteiger partial charge on any atom is -0.504 e. The second-order valence-corrected chi connectivity index (χ2v) is 6.18. The Hall–Kier alpha value is -2.15. The molecule has 0 amide bonds. The van der Waals surface area contributed by atoms with E-state index in [1.807, 2.05) is 6.92 Å². The zero-order valence-corrected chi connectivity index (χ0v) is 13.4. The number of carboxylic acids is 1. The number of nitrogens with two attached hydrogens (primary N) is 1. The van der Waals surface area contributed by atoms with Crippen molar-refractivity contribution in [2.75, 3.05) is 0 Å². The summed E-state index contributed by atoms with van der Waals surface area (Å²) in [6, 6.07) is 0.871. The molecule has 0 fully saturated rings. The smallest absolute Gasteiger partial charge is 0.323 e. The summed E-state index contributed by atoms with van der Waals surface area (Å²) < 4.78 is 0. The molecule has 130 valence electrons. The van der Waals surface area contributed by atoms with Crippen LogP contribution >= 0.6 is 0 Å². The van der Waals surface area contributed by atoms with E-state index in [9.17, 15) is 25.2 Å². The Morgan fingerprint density at radius 3 is 2.17 bits per heavy atom. The van der Waals surface area contributed by atoms with Gasteiger partial charge in [-0.1, -0.05) is 19.8 Å². The Labute approximate surface area is 135 Å². The number of aromatic hydroxyl groups is 4. The van der Waals surface area contributed by atoms with Crippen LogP contribution in [0, 0.1) is 5.92 Å². The number of phenols is 4. The largest absolute Gasteiger partial charge is 0.504 e. The van der Waals surface area contributed by atoms with Crippen LogP contribution in [-0.4, -0.2) is 37.0 Å². The molecule has 0 aliphatic heterocycles. The molecule has 2 unspecified atom stereocenters. The van der Waals surface area contributed by atoms with Gasteiger partial charge in [-0.05, 0) is 32.1 Å². The van der Waals surface area contributed by atoms with E-state index in [2.05, 4.69) is 0 Å². The van der Waals surface area contributed by atoms with Gasteiger partial charge >= 0.3 is 5.97 Å². The number of carbonyl (C=O) groups is 1. The molecule has 0 bridgehead atoms. The lowest BCUT2D eigenvalue weighted by molar-refractivity contribution is -0.143. The van der Waals surface area contributed by atoms with Crippen molar-refractivity contribution in [1.82, 2.24) is 0 Å². The summed E-state index contributed by atoms with van der Waals surface area (Å²) in [5.74, 6) is -2.88. The summed E-state index contributed by atoms with van der Waals surface area (Å²) in [6.45, 7) is 3.42. The number of aliphatic carboxylic acids is 1. The maximum absolute atomic E-state index is 11.1. The molecule has 0 spiro atoms. The van der Waals surface area contributed by atoms with Gasteiger partial charge in [0.05, 0.1) is 0 Å². The molecule has 0 aromatic heterocycles. The van der Waals surface area contributed by atoms with Crippen molar-refractivity contribution in [2.24, 2.45) is 11.7 Å². The number of benzene rings is 1. The molecule has 0 saturated heterocycles. The average molecular weight is 327 g/mol. The predicted molar refractivity (Wildman–Crippen MR) is 84.7 cm³/mol. The molecule has 0 heterocycles. The summed E-state index contributed by atoms with van der Waals surface area (Å²) >= 11 is 0. The highest BCUT2D eigenvalue weighted by Gasteiger charge is 2.30. The van der Waals surface area contributed by atoms with Crippen LogP contribution in [0.25, 0.3) is 0 Å². The van der Waals surface area contributed by atoms with Gasteiger partial charge in [0, 0.05) is 11.6 Å². The topological polar surface area (TPSA) is 144 Å². The van der Waals surface area contributed by atoms with Crippen molar-refractivity contribution in [2.45, 2.75) is 51.5 Å². The van der Waals surface area contributed by atoms with E-state index in [1.165, 1.54) is 6.92 Å². The molecule has 1 aromatic rings. The summed E-state index contributed by atoms with van der Waals surface area (Å²) in [7, 11) is 0. The monoisotopic (exact) mass is 327 g/mol. The Morgan fingerprint density at radius 2 is 1.74 bits per heavy atom. The van der Waals surface area contributed by atoms with Gasteiger partial charge in [0.25, 0.3) is 0 Å². The second-order valence-electron chi connectivity index (χ2n) is 6.18. The lowest BCUT2D eigenvalue weighted by atomic mass is 9.85. The standard InChI is InChI=1S/C16H25NO6/c1-3-9(8-16(2,17)15(22)23)5-4-6-10-13(20)11(18)7-12(19)14(10)21/h7,9,18-21H,3-6,8,17H2,1-2H3,(H,22,23). The molecule has 0 aliphatic carbocycles. The van der Waals surface area contributed by atoms with E-state index in [1.54, 1.807) is 0 Å². The van der Waals surface area contributed by atoms with Crippen LogP contribution in [0.4, 0.5) is 0 Å². The van der Waals surface area contributed by atoms with Crippen LogP contribution in [0.3, 0.4) is 0 Å². The summed E-state index contributed by atoms with van der Waals surface area (Å²) in [4.78, 5) is 11.1. The Kier molecular flexibility index (Phi) is 6.09. The molecule has 0 aliphatic rings. The van der Waals surface area contributed by atoms with Crippen LogP contribution < -0.4 is 5.73 Å². The average Bonchev–Trinajstić information content (AvgIpc) is 2.47. The van der Waals surface area contributed by atoms with Crippen molar-refractivity contribution in [3.63, 3.8) is 0 Å². The molecule has 1 rings (SSSR count).